The smallest absolute Gasteiger partial charge is 0.191 e. The van der Waals surface area contributed by atoms with E-state index in [4.69, 9.17) is 9.15 Å². The van der Waals surface area contributed by atoms with Gasteiger partial charge in [0.15, 0.2) is 5.96 Å². The van der Waals surface area contributed by atoms with Crippen LogP contribution in [-0.4, -0.2) is 31.1 Å². The monoisotopic (exact) mass is 316 g/mol. The number of guanidine groups is 1. The second kappa shape index (κ2) is 9.63. The average Bonchev–Trinajstić information content (AvgIpc) is 3.08. The second-order valence-corrected chi connectivity index (χ2v) is 5.11. The highest BCUT2D eigenvalue weighted by atomic mass is 16.5. The zero-order valence-corrected chi connectivity index (χ0v) is 13.7. The summed E-state index contributed by atoms with van der Waals surface area (Å²) >= 11 is 0. The third-order valence-corrected chi connectivity index (χ3v) is 3.35. The minimum atomic E-state index is 0.513. The molecule has 0 radical (unpaired) electrons. The van der Waals surface area contributed by atoms with Crippen LogP contribution in [0.3, 0.4) is 0 Å². The zero-order chi connectivity index (χ0) is 16.3. The molecule has 0 atom stereocenters. The van der Waals surface area contributed by atoms with Gasteiger partial charge in [-0.15, -0.1) is 0 Å². The van der Waals surface area contributed by atoms with Gasteiger partial charge in [0.25, 0.3) is 0 Å². The fourth-order valence-electron chi connectivity index (χ4n) is 2.04. The molecule has 0 saturated carbocycles. The summed E-state index contributed by atoms with van der Waals surface area (Å²) in [6.45, 7) is 4.68. The summed E-state index contributed by atoms with van der Waals surface area (Å²) in [5, 5.41) is 6.52. The number of ether oxygens (including phenoxy) is 1. The van der Waals surface area contributed by atoms with Gasteiger partial charge in [0.1, 0.15) is 12.4 Å². The molecule has 6 nitrogen and oxygen atoms in total. The van der Waals surface area contributed by atoms with E-state index in [1.54, 1.807) is 19.5 Å². The molecular formula is C17H24N4O2. The molecule has 0 fully saturated rings. The van der Waals surface area contributed by atoms with Crippen LogP contribution in [0.5, 0.6) is 0 Å². The van der Waals surface area contributed by atoms with Crippen LogP contribution in [0.15, 0.2) is 46.1 Å². The van der Waals surface area contributed by atoms with E-state index >= 15 is 0 Å². The quantitative estimate of drug-likeness (QED) is 0.444. The molecule has 0 aliphatic rings. The third kappa shape index (κ3) is 6.12. The molecule has 0 aliphatic heterocycles. The fourth-order valence-corrected chi connectivity index (χ4v) is 2.04. The molecule has 0 bridgehead atoms. The first-order valence-electron chi connectivity index (χ1n) is 7.74. The number of hydrogen-bond donors (Lipinski definition) is 2. The number of furan rings is 1. The van der Waals surface area contributed by atoms with Crippen molar-refractivity contribution in [1.82, 2.24) is 15.6 Å². The third-order valence-electron chi connectivity index (χ3n) is 3.35. The lowest BCUT2D eigenvalue weighted by atomic mass is 10.2. The number of aryl methyl sites for hydroxylation is 1. The Kier molecular flexibility index (Phi) is 7.13. The Hall–Kier alpha value is -2.34. The van der Waals surface area contributed by atoms with Gasteiger partial charge in [0.05, 0.1) is 18.5 Å². The standard InChI is InChI=1S/C17H24N4O2/c1-14-6-3-8-19-16(14)12-21-17(18-2)20-9-5-10-22-13-15-7-4-11-23-15/h3-4,6-8,11H,5,9-10,12-13H2,1-2H3,(H2,18,20,21). The van der Waals surface area contributed by atoms with Gasteiger partial charge in [-0.3, -0.25) is 9.98 Å². The molecule has 0 unspecified atom stereocenters. The summed E-state index contributed by atoms with van der Waals surface area (Å²) in [5.74, 6) is 1.61. The topological polar surface area (TPSA) is 71.7 Å². The molecule has 2 aromatic heterocycles. The largest absolute Gasteiger partial charge is 0.467 e. The number of aliphatic imine (C=N–C) groups is 1. The lowest BCUT2D eigenvalue weighted by Gasteiger charge is -2.12. The Morgan fingerprint density at radius 1 is 1.30 bits per heavy atom. The van der Waals surface area contributed by atoms with E-state index in [0.717, 1.165) is 30.4 Å². The molecule has 0 aromatic carbocycles. The first-order valence-corrected chi connectivity index (χ1v) is 7.74. The van der Waals surface area contributed by atoms with Crippen LogP contribution in [-0.2, 0) is 17.9 Å². The van der Waals surface area contributed by atoms with E-state index in [0.29, 0.717) is 19.8 Å². The van der Waals surface area contributed by atoms with E-state index in [2.05, 4.69) is 33.6 Å². The normalized spacial score (nSPS) is 11.5. The molecule has 2 rings (SSSR count). The van der Waals surface area contributed by atoms with E-state index in [9.17, 15) is 0 Å². The predicted octanol–water partition coefficient (Wildman–Crippen LogP) is 2.25. The van der Waals surface area contributed by atoms with E-state index < -0.39 is 0 Å². The maximum atomic E-state index is 5.53. The number of aromatic nitrogens is 1. The number of rotatable bonds is 8. The van der Waals surface area contributed by atoms with Gasteiger partial charge in [0, 0.05) is 26.4 Å². The van der Waals surface area contributed by atoms with Gasteiger partial charge in [-0.25, -0.2) is 0 Å². The highest BCUT2D eigenvalue weighted by Gasteiger charge is 2.01. The van der Waals surface area contributed by atoms with Crippen molar-refractivity contribution < 1.29 is 9.15 Å². The number of nitrogens with one attached hydrogen (secondary N) is 2. The van der Waals surface area contributed by atoms with E-state index in [-0.39, 0.29) is 0 Å². The van der Waals surface area contributed by atoms with Crippen molar-refractivity contribution in [2.45, 2.75) is 26.5 Å². The highest BCUT2D eigenvalue weighted by molar-refractivity contribution is 5.79. The van der Waals surface area contributed by atoms with Crippen LogP contribution < -0.4 is 10.6 Å². The zero-order valence-electron chi connectivity index (χ0n) is 13.7. The molecule has 124 valence electrons. The Morgan fingerprint density at radius 3 is 2.96 bits per heavy atom. The lowest BCUT2D eigenvalue weighted by Crippen LogP contribution is -2.37. The molecule has 2 heterocycles. The molecule has 0 aliphatic carbocycles. The highest BCUT2D eigenvalue weighted by Crippen LogP contribution is 2.02. The van der Waals surface area contributed by atoms with Crippen LogP contribution >= 0.6 is 0 Å². The second-order valence-electron chi connectivity index (χ2n) is 5.11. The Morgan fingerprint density at radius 2 is 2.22 bits per heavy atom. The van der Waals surface area contributed by atoms with Crippen LogP contribution in [0, 0.1) is 6.92 Å². The molecule has 2 N–H and O–H groups in total. The molecule has 0 saturated heterocycles. The number of nitrogens with zero attached hydrogens (tertiary/aromatic N) is 2. The van der Waals surface area contributed by atoms with Crippen molar-refractivity contribution in [3.8, 4) is 0 Å². The molecule has 23 heavy (non-hydrogen) atoms. The van der Waals surface area contributed by atoms with Crippen molar-refractivity contribution in [1.29, 1.82) is 0 Å². The molecular weight excluding hydrogens is 292 g/mol. The van der Waals surface area contributed by atoms with Gasteiger partial charge in [-0.05, 0) is 37.1 Å². The molecule has 0 spiro atoms. The summed E-state index contributed by atoms with van der Waals surface area (Å²) in [6.07, 6.45) is 4.35. The van der Waals surface area contributed by atoms with Crippen molar-refractivity contribution in [2.24, 2.45) is 4.99 Å². The van der Waals surface area contributed by atoms with E-state index in [1.807, 2.05) is 18.2 Å². The minimum absolute atomic E-state index is 0.513. The lowest BCUT2D eigenvalue weighted by molar-refractivity contribution is 0.105. The van der Waals surface area contributed by atoms with Crippen molar-refractivity contribution >= 4 is 5.96 Å². The summed E-state index contributed by atoms with van der Waals surface area (Å²) < 4.78 is 10.7. The average molecular weight is 316 g/mol. The van der Waals surface area contributed by atoms with E-state index in [1.165, 1.54) is 5.56 Å². The van der Waals surface area contributed by atoms with Crippen LogP contribution in [0.2, 0.25) is 0 Å². The van der Waals surface area contributed by atoms with Crippen molar-refractivity contribution in [2.75, 3.05) is 20.2 Å². The number of pyridine rings is 1. The van der Waals surface area contributed by atoms with Crippen LogP contribution in [0.4, 0.5) is 0 Å². The Balaban J connectivity index is 1.59. The van der Waals surface area contributed by atoms with Crippen LogP contribution in [0.25, 0.3) is 0 Å². The Bertz CT molecular complexity index is 596. The maximum Gasteiger partial charge on any atom is 0.191 e. The van der Waals surface area contributed by atoms with Crippen LogP contribution in [0.1, 0.15) is 23.4 Å². The van der Waals surface area contributed by atoms with Gasteiger partial charge in [-0.1, -0.05) is 6.07 Å². The Labute approximate surface area is 137 Å². The maximum absolute atomic E-state index is 5.53. The summed E-state index contributed by atoms with van der Waals surface area (Å²) in [5.41, 5.74) is 2.19. The number of hydrogen-bond acceptors (Lipinski definition) is 4. The van der Waals surface area contributed by atoms with Gasteiger partial charge in [0.2, 0.25) is 0 Å². The van der Waals surface area contributed by atoms with Gasteiger partial charge < -0.3 is 19.8 Å². The molecule has 0 amide bonds. The molecule has 6 heteroatoms. The van der Waals surface area contributed by atoms with Crippen molar-refractivity contribution in [3.63, 3.8) is 0 Å². The van der Waals surface area contributed by atoms with Crippen molar-refractivity contribution in [3.05, 3.63) is 53.7 Å². The fraction of sp³-hybridized carbons (Fsp3) is 0.412. The molecule has 2 aromatic rings. The predicted molar refractivity (Wildman–Crippen MR) is 90.2 cm³/mol. The van der Waals surface area contributed by atoms with Gasteiger partial charge >= 0.3 is 0 Å². The minimum Gasteiger partial charge on any atom is -0.467 e. The summed E-state index contributed by atoms with van der Waals surface area (Å²) in [7, 11) is 1.76. The SMILES string of the molecule is CN=C(NCCCOCc1ccco1)NCc1ncccc1C. The van der Waals surface area contributed by atoms with Gasteiger partial charge in [-0.2, -0.15) is 0 Å². The summed E-state index contributed by atoms with van der Waals surface area (Å²) in [6, 6.07) is 7.76. The first-order chi connectivity index (χ1) is 11.3. The first kappa shape index (κ1) is 17.0. The summed E-state index contributed by atoms with van der Waals surface area (Å²) in [4.78, 5) is 8.56.